The number of sulfonamides is 1. The number of rotatable bonds is 6. The molecule has 1 aliphatic heterocycles. The largest absolute Gasteiger partial charge is 0.340 e. The Balaban J connectivity index is 1.31. The molecular formula is C21H20ClFN4O4S. The summed E-state index contributed by atoms with van der Waals surface area (Å²) in [6, 6.07) is 12.3. The van der Waals surface area contributed by atoms with Gasteiger partial charge in [0.2, 0.25) is 27.6 Å². The Morgan fingerprint density at radius 3 is 2.44 bits per heavy atom. The molecule has 2 aromatic carbocycles. The van der Waals surface area contributed by atoms with E-state index in [1.165, 1.54) is 22.5 Å². The molecule has 168 valence electrons. The number of aromatic nitrogens is 2. The minimum Gasteiger partial charge on any atom is -0.340 e. The van der Waals surface area contributed by atoms with Crippen LogP contribution in [-0.4, -0.2) is 59.8 Å². The first-order valence-corrected chi connectivity index (χ1v) is 11.8. The zero-order valence-corrected chi connectivity index (χ0v) is 18.5. The Hall–Kier alpha value is -2.82. The highest BCUT2D eigenvalue weighted by molar-refractivity contribution is 7.89. The van der Waals surface area contributed by atoms with E-state index in [9.17, 15) is 17.6 Å². The number of hydrogen-bond acceptors (Lipinski definition) is 6. The van der Waals surface area contributed by atoms with Crippen LogP contribution in [0.3, 0.4) is 0 Å². The minimum atomic E-state index is -3.94. The Bertz CT molecular complexity index is 1210. The van der Waals surface area contributed by atoms with E-state index in [0.29, 0.717) is 16.7 Å². The lowest BCUT2D eigenvalue weighted by atomic mass is 10.2. The van der Waals surface area contributed by atoms with Crippen LogP contribution in [0.5, 0.6) is 0 Å². The average molecular weight is 479 g/mol. The molecule has 11 heteroatoms. The number of nitrogens with zero attached hydrogens (tertiary/aromatic N) is 4. The highest BCUT2D eigenvalue weighted by atomic mass is 35.5. The van der Waals surface area contributed by atoms with Crippen molar-refractivity contribution in [3.63, 3.8) is 0 Å². The maximum absolute atomic E-state index is 13.9. The van der Waals surface area contributed by atoms with E-state index in [4.69, 9.17) is 16.1 Å². The third-order valence-electron chi connectivity index (χ3n) is 5.17. The van der Waals surface area contributed by atoms with Crippen LogP contribution in [0.1, 0.15) is 12.3 Å². The van der Waals surface area contributed by atoms with E-state index in [1.807, 2.05) is 0 Å². The second kappa shape index (κ2) is 9.35. The van der Waals surface area contributed by atoms with Gasteiger partial charge in [0.15, 0.2) is 0 Å². The van der Waals surface area contributed by atoms with Gasteiger partial charge in [-0.25, -0.2) is 12.8 Å². The Kier molecular flexibility index (Phi) is 6.54. The van der Waals surface area contributed by atoms with Gasteiger partial charge in [-0.05, 0) is 36.4 Å². The summed E-state index contributed by atoms with van der Waals surface area (Å²) < 4.78 is 45.7. The van der Waals surface area contributed by atoms with Crippen LogP contribution in [0.25, 0.3) is 11.4 Å². The third kappa shape index (κ3) is 4.82. The monoisotopic (exact) mass is 478 g/mol. The number of halogens is 2. The number of hydrogen-bond donors (Lipinski definition) is 0. The van der Waals surface area contributed by atoms with Crippen molar-refractivity contribution in [2.75, 3.05) is 26.2 Å². The lowest BCUT2D eigenvalue weighted by molar-refractivity contribution is -0.132. The fourth-order valence-electron chi connectivity index (χ4n) is 3.42. The second-order valence-electron chi connectivity index (χ2n) is 7.23. The van der Waals surface area contributed by atoms with Crippen LogP contribution >= 0.6 is 11.6 Å². The Morgan fingerprint density at radius 2 is 1.75 bits per heavy atom. The van der Waals surface area contributed by atoms with Crippen molar-refractivity contribution >= 4 is 27.5 Å². The molecule has 4 rings (SSSR count). The normalized spacial score (nSPS) is 15.1. The fourth-order valence-corrected chi connectivity index (χ4v) is 5.03. The molecule has 1 aliphatic rings. The summed E-state index contributed by atoms with van der Waals surface area (Å²) in [6.07, 6.45) is 0.426. The average Bonchev–Trinajstić information content (AvgIpc) is 3.27. The lowest BCUT2D eigenvalue weighted by Crippen LogP contribution is -2.50. The first-order valence-electron chi connectivity index (χ1n) is 9.95. The maximum Gasteiger partial charge on any atom is 0.246 e. The lowest BCUT2D eigenvalue weighted by Gasteiger charge is -2.34. The molecule has 3 aromatic rings. The summed E-state index contributed by atoms with van der Waals surface area (Å²) in [5, 5.41) is 4.52. The summed E-state index contributed by atoms with van der Waals surface area (Å²) in [5.41, 5.74) is 0.753. The Labute approximate surface area is 189 Å². The molecule has 1 fully saturated rings. The zero-order chi connectivity index (χ0) is 22.7. The van der Waals surface area contributed by atoms with E-state index < -0.39 is 15.8 Å². The number of carbonyl (C=O) groups is 1. The van der Waals surface area contributed by atoms with Crippen molar-refractivity contribution in [1.82, 2.24) is 19.3 Å². The van der Waals surface area contributed by atoms with E-state index in [0.717, 1.165) is 11.6 Å². The molecule has 1 aromatic heterocycles. The van der Waals surface area contributed by atoms with E-state index >= 15 is 0 Å². The molecule has 0 aliphatic carbocycles. The van der Waals surface area contributed by atoms with Crippen LogP contribution in [0.4, 0.5) is 4.39 Å². The standard InChI is InChI=1S/C21H20ClFN4O4S/c22-16-7-5-15(6-8-16)21-24-19(31-25-21)9-10-20(28)26-11-13-27(14-12-26)32(29,30)18-4-2-1-3-17(18)23/h1-8H,9-14H2. The molecule has 0 saturated carbocycles. The maximum atomic E-state index is 13.9. The van der Waals surface area contributed by atoms with Gasteiger partial charge in [-0.15, -0.1) is 0 Å². The number of amides is 1. The van der Waals surface area contributed by atoms with Gasteiger partial charge in [-0.2, -0.15) is 9.29 Å². The van der Waals surface area contributed by atoms with Gasteiger partial charge >= 0.3 is 0 Å². The van der Waals surface area contributed by atoms with Gasteiger partial charge < -0.3 is 9.42 Å². The predicted octanol–water partition coefficient (Wildman–Crippen LogP) is 2.99. The van der Waals surface area contributed by atoms with E-state index in [1.54, 1.807) is 29.2 Å². The molecular weight excluding hydrogens is 459 g/mol. The van der Waals surface area contributed by atoms with Crippen molar-refractivity contribution < 1.29 is 22.1 Å². The van der Waals surface area contributed by atoms with Crippen molar-refractivity contribution in [2.45, 2.75) is 17.7 Å². The number of piperazine rings is 1. The van der Waals surface area contributed by atoms with Crippen LogP contribution < -0.4 is 0 Å². The summed E-state index contributed by atoms with van der Waals surface area (Å²) in [5.74, 6) is -0.178. The zero-order valence-electron chi connectivity index (χ0n) is 16.9. The predicted molar refractivity (Wildman–Crippen MR) is 115 cm³/mol. The number of aryl methyl sites for hydroxylation is 1. The first-order chi connectivity index (χ1) is 15.3. The molecule has 0 bridgehead atoms. The summed E-state index contributed by atoms with van der Waals surface area (Å²) in [4.78, 5) is 18.1. The van der Waals surface area contributed by atoms with Gasteiger partial charge in [0.05, 0.1) is 0 Å². The summed E-state index contributed by atoms with van der Waals surface area (Å²) in [6.45, 7) is 0.659. The molecule has 1 amide bonds. The quantitative estimate of drug-likeness (QED) is 0.540. The molecule has 0 unspecified atom stereocenters. The summed E-state index contributed by atoms with van der Waals surface area (Å²) in [7, 11) is -3.94. The molecule has 8 nitrogen and oxygen atoms in total. The fraction of sp³-hybridized carbons (Fsp3) is 0.286. The Morgan fingerprint density at radius 1 is 1.06 bits per heavy atom. The van der Waals surface area contributed by atoms with Gasteiger partial charge in [0.1, 0.15) is 10.7 Å². The van der Waals surface area contributed by atoms with Gasteiger partial charge in [-0.3, -0.25) is 4.79 Å². The molecule has 0 spiro atoms. The van der Waals surface area contributed by atoms with Crippen LogP contribution in [-0.2, 0) is 21.2 Å². The van der Waals surface area contributed by atoms with Crippen LogP contribution in [0.2, 0.25) is 5.02 Å². The summed E-state index contributed by atoms with van der Waals surface area (Å²) >= 11 is 5.88. The molecule has 0 atom stereocenters. The third-order valence-corrected chi connectivity index (χ3v) is 7.35. The molecule has 0 radical (unpaired) electrons. The van der Waals surface area contributed by atoms with Gasteiger partial charge in [0, 0.05) is 49.6 Å². The van der Waals surface area contributed by atoms with Crippen molar-refractivity contribution in [3.8, 4) is 11.4 Å². The molecule has 32 heavy (non-hydrogen) atoms. The van der Waals surface area contributed by atoms with Crippen molar-refractivity contribution in [1.29, 1.82) is 0 Å². The first kappa shape index (κ1) is 22.4. The smallest absolute Gasteiger partial charge is 0.246 e. The second-order valence-corrected chi connectivity index (χ2v) is 9.58. The van der Waals surface area contributed by atoms with Crippen molar-refractivity contribution in [2.24, 2.45) is 0 Å². The number of carbonyl (C=O) groups excluding carboxylic acids is 1. The highest BCUT2D eigenvalue weighted by Gasteiger charge is 2.31. The van der Waals surface area contributed by atoms with E-state index in [-0.39, 0.29) is 49.8 Å². The highest BCUT2D eigenvalue weighted by Crippen LogP contribution is 2.21. The molecule has 1 saturated heterocycles. The SMILES string of the molecule is O=C(CCc1nc(-c2ccc(Cl)cc2)no1)N1CCN(S(=O)(=O)c2ccccc2F)CC1. The van der Waals surface area contributed by atoms with Crippen LogP contribution in [0.15, 0.2) is 57.9 Å². The van der Waals surface area contributed by atoms with Gasteiger partial charge in [0.25, 0.3) is 0 Å². The molecule has 2 heterocycles. The van der Waals surface area contributed by atoms with E-state index in [2.05, 4.69) is 10.1 Å². The van der Waals surface area contributed by atoms with Crippen LogP contribution in [0, 0.1) is 5.82 Å². The van der Waals surface area contributed by atoms with Crippen molar-refractivity contribution in [3.05, 3.63) is 65.3 Å². The topological polar surface area (TPSA) is 96.6 Å². The van der Waals surface area contributed by atoms with Gasteiger partial charge in [-0.1, -0.05) is 28.9 Å². The molecule has 0 N–H and O–H groups in total. The minimum absolute atomic E-state index is 0.101. The number of benzene rings is 2.